The minimum Gasteiger partial charge on any atom is -0.300 e. The fourth-order valence-electron chi connectivity index (χ4n) is 6.31. The molecular weight excluding hydrogens is 600 g/mol. The summed E-state index contributed by atoms with van der Waals surface area (Å²) in [5.41, 5.74) is 5.97. The second kappa shape index (κ2) is 16.1. The molecule has 2 aromatic rings. The fourth-order valence-corrected chi connectivity index (χ4v) is 7.03. The maximum absolute atomic E-state index is 11.7. The van der Waals surface area contributed by atoms with Crippen molar-refractivity contribution in [1.82, 2.24) is 0 Å². The third-order valence-corrected chi connectivity index (χ3v) is 9.23. The van der Waals surface area contributed by atoms with Gasteiger partial charge in [-0.2, -0.15) is 0 Å². The number of fused-ring (bicyclic) bond motifs is 3. The van der Waals surface area contributed by atoms with Crippen LogP contribution in [0.25, 0.3) is 11.1 Å². The molecule has 0 saturated carbocycles. The lowest BCUT2D eigenvalue weighted by molar-refractivity contribution is -0.125. The molecule has 0 aromatic heterocycles. The van der Waals surface area contributed by atoms with Crippen molar-refractivity contribution in [3.63, 3.8) is 0 Å². The van der Waals surface area contributed by atoms with Crippen LogP contribution < -0.4 is 0 Å². The highest BCUT2D eigenvalue weighted by atomic mass is 79.9. The van der Waals surface area contributed by atoms with Crippen molar-refractivity contribution in [3.8, 4) is 11.1 Å². The summed E-state index contributed by atoms with van der Waals surface area (Å²) in [5.74, 6) is 0.0834. The Labute approximate surface area is 248 Å². The van der Waals surface area contributed by atoms with E-state index >= 15 is 0 Å². The predicted molar refractivity (Wildman–Crippen MR) is 168 cm³/mol. The number of benzene rings is 2. The number of rotatable bonds is 19. The van der Waals surface area contributed by atoms with Crippen LogP contribution in [0.1, 0.15) is 134 Å². The molecular formula is C34H46Br2O2. The zero-order valence-corrected chi connectivity index (χ0v) is 26.7. The summed E-state index contributed by atoms with van der Waals surface area (Å²) in [6.07, 6.45) is 19.2. The highest BCUT2D eigenvalue weighted by Crippen LogP contribution is 2.55. The molecule has 2 nitrogen and oxygen atoms in total. The largest absolute Gasteiger partial charge is 0.300 e. The predicted octanol–water partition coefficient (Wildman–Crippen LogP) is 11.3. The molecule has 0 spiro atoms. The summed E-state index contributed by atoms with van der Waals surface area (Å²) >= 11 is 7.57. The lowest BCUT2D eigenvalue weighted by Crippen LogP contribution is -2.25. The summed E-state index contributed by atoms with van der Waals surface area (Å²) in [4.78, 5) is 22.8. The van der Waals surface area contributed by atoms with Crippen LogP contribution in [0, 0.1) is 0 Å². The van der Waals surface area contributed by atoms with Crippen LogP contribution in [-0.4, -0.2) is 11.6 Å². The number of ketones is 2. The number of Topliss-reactive ketones (excluding diaryl/α,β-unsaturated/α-hetero) is 2. The van der Waals surface area contributed by atoms with E-state index in [0.29, 0.717) is 6.42 Å². The van der Waals surface area contributed by atoms with Gasteiger partial charge >= 0.3 is 0 Å². The Kier molecular flexibility index (Phi) is 13.3. The van der Waals surface area contributed by atoms with Gasteiger partial charge in [0.15, 0.2) is 0 Å². The maximum Gasteiger partial charge on any atom is 0.140 e. The molecule has 0 aliphatic heterocycles. The van der Waals surface area contributed by atoms with Gasteiger partial charge in [-0.25, -0.2) is 0 Å². The average Bonchev–Trinajstić information content (AvgIpc) is 3.13. The van der Waals surface area contributed by atoms with Crippen LogP contribution in [0.2, 0.25) is 0 Å². The molecule has 0 atom stereocenters. The second-order valence-corrected chi connectivity index (χ2v) is 13.2. The van der Waals surface area contributed by atoms with Gasteiger partial charge in [0.05, 0.1) is 6.42 Å². The number of carbonyl (C=O) groups is 2. The Hall–Kier alpha value is -1.26. The fraction of sp³-hybridized carbons (Fsp3) is 0.588. The summed E-state index contributed by atoms with van der Waals surface area (Å²) in [6.45, 7) is 3.78. The molecule has 0 saturated heterocycles. The zero-order chi connectivity index (χ0) is 27.4. The molecule has 0 N–H and O–H groups in total. The number of halogens is 2. The van der Waals surface area contributed by atoms with E-state index in [-0.39, 0.29) is 23.4 Å². The van der Waals surface area contributed by atoms with Gasteiger partial charge in [-0.05, 0) is 72.7 Å². The zero-order valence-electron chi connectivity index (χ0n) is 23.6. The van der Waals surface area contributed by atoms with Crippen molar-refractivity contribution in [3.05, 3.63) is 56.5 Å². The van der Waals surface area contributed by atoms with Crippen molar-refractivity contribution in [2.24, 2.45) is 0 Å². The summed E-state index contributed by atoms with van der Waals surface area (Å²) in [6, 6.07) is 13.8. The molecule has 1 aliphatic carbocycles. The van der Waals surface area contributed by atoms with Crippen LogP contribution in [0.4, 0.5) is 0 Å². The number of hydrogen-bond acceptors (Lipinski definition) is 2. The molecule has 0 radical (unpaired) electrons. The topological polar surface area (TPSA) is 34.1 Å². The standard InChI is InChI=1S/C34H46Br2O2/c1-3-4-5-6-11-14-21-34(22-15-12-9-7-8-10-13-16-29(38)23-26(2)37)32-24-27(35)17-19-30(32)31-20-18-28(36)25-33(31)34/h17-20,24-25H,3-16,21-23H2,1-2H3. The molecule has 4 heteroatoms. The van der Waals surface area contributed by atoms with Gasteiger partial charge in [0.25, 0.3) is 0 Å². The molecule has 38 heavy (non-hydrogen) atoms. The lowest BCUT2D eigenvalue weighted by Gasteiger charge is -2.33. The van der Waals surface area contributed by atoms with E-state index in [1.54, 1.807) is 0 Å². The minimum absolute atomic E-state index is 0.0171. The quantitative estimate of drug-likeness (QED) is 0.112. The van der Waals surface area contributed by atoms with Crippen LogP contribution in [-0.2, 0) is 15.0 Å². The Morgan fingerprint density at radius 3 is 1.58 bits per heavy atom. The first-order chi connectivity index (χ1) is 18.4. The molecule has 0 bridgehead atoms. The van der Waals surface area contributed by atoms with Crippen molar-refractivity contribution in [2.75, 3.05) is 0 Å². The summed E-state index contributed by atoms with van der Waals surface area (Å²) in [5, 5.41) is 0. The van der Waals surface area contributed by atoms with Gasteiger partial charge in [0, 0.05) is 20.8 Å². The molecule has 0 unspecified atom stereocenters. The van der Waals surface area contributed by atoms with Crippen molar-refractivity contribution in [2.45, 2.75) is 128 Å². The Balaban J connectivity index is 1.60. The monoisotopic (exact) mass is 644 g/mol. The lowest BCUT2D eigenvalue weighted by atomic mass is 9.70. The smallest absolute Gasteiger partial charge is 0.140 e. The van der Waals surface area contributed by atoms with E-state index in [0.717, 1.165) is 12.8 Å². The normalized spacial score (nSPS) is 13.4. The SMILES string of the molecule is CCCCCCCCC1(CCCCCCCCCC(=O)CC(C)=O)c2cc(Br)ccc2-c2ccc(Br)cc21. The van der Waals surface area contributed by atoms with Gasteiger partial charge in [-0.1, -0.05) is 128 Å². The van der Waals surface area contributed by atoms with E-state index in [9.17, 15) is 9.59 Å². The van der Waals surface area contributed by atoms with E-state index < -0.39 is 0 Å². The molecule has 208 valence electrons. The van der Waals surface area contributed by atoms with Gasteiger partial charge in [-0.3, -0.25) is 9.59 Å². The third kappa shape index (κ3) is 8.88. The molecule has 0 fully saturated rings. The Morgan fingerprint density at radius 2 is 1.11 bits per heavy atom. The van der Waals surface area contributed by atoms with Gasteiger partial charge < -0.3 is 0 Å². The first-order valence-corrected chi connectivity index (χ1v) is 16.6. The summed E-state index contributed by atoms with van der Waals surface area (Å²) in [7, 11) is 0. The number of unbranched alkanes of at least 4 members (excludes halogenated alkanes) is 11. The molecule has 2 aromatic carbocycles. The van der Waals surface area contributed by atoms with Crippen LogP contribution in [0.5, 0.6) is 0 Å². The van der Waals surface area contributed by atoms with E-state index in [2.05, 4.69) is 75.2 Å². The highest BCUT2D eigenvalue weighted by Gasteiger charge is 2.42. The van der Waals surface area contributed by atoms with Crippen molar-refractivity contribution < 1.29 is 9.59 Å². The van der Waals surface area contributed by atoms with E-state index in [1.165, 1.54) is 122 Å². The van der Waals surface area contributed by atoms with Crippen LogP contribution in [0.3, 0.4) is 0 Å². The Morgan fingerprint density at radius 1 is 0.658 bits per heavy atom. The average molecular weight is 647 g/mol. The van der Waals surface area contributed by atoms with Gasteiger partial charge in [0.2, 0.25) is 0 Å². The van der Waals surface area contributed by atoms with Crippen molar-refractivity contribution >= 4 is 43.4 Å². The number of hydrogen-bond donors (Lipinski definition) is 0. The first kappa shape index (κ1) is 31.3. The molecule has 0 amide bonds. The minimum atomic E-state index is -0.0171. The Bertz CT molecular complexity index is 1010. The number of carbonyl (C=O) groups excluding carboxylic acids is 2. The third-order valence-electron chi connectivity index (χ3n) is 8.25. The maximum atomic E-state index is 11.7. The van der Waals surface area contributed by atoms with E-state index in [1.807, 2.05) is 0 Å². The summed E-state index contributed by atoms with van der Waals surface area (Å²) < 4.78 is 2.36. The molecule has 3 rings (SSSR count). The molecule has 1 aliphatic rings. The first-order valence-electron chi connectivity index (χ1n) is 15.0. The highest BCUT2D eigenvalue weighted by molar-refractivity contribution is 9.10. The van der Waals surface area contributed by atoms with Crippen LogP contribution in [0.15, 0.2) is 45.3 Å². The van der Waals surface area contributed by atoms with E-state index in [4.69, 9.17) is 0 Å². The van der Waals surface area contributed by atoms with Crippen molar-refractivity contribution in [1.29, 1.82) is 0 Å². The van der Waals surface area contributed by atoms with Gasteiger partial charge in [0.1, 0.15) is 11.6 Å². The van der Waals surface area contributed by atoms with Crippen LogP contribution >= 0.6 is 31.9 Å². The second-order valence-electron chi connectivity index (χ2n) is 11.4. The van der Waals surface area contributed by atoms with Gasteiger partial charge in [-0.15, -0.1) is 0 Å². The molecule has 0 heterocycles.